The summed E-state index contributed by atoms with van der Waals surface area (Å²) in [4.78, 5) is 2.43. The lowest BCUT2D eigenvalue weighted by atomic mass is 9.98. The van der Waals surface area contributed by atoms with Crippen molar-refractivity contribution in [2.24, 2.45) is 11.7 Å². The van der Waals surface area contributed by atoms with Crippen molar-refractivity contribution < 1.29 is 5.11 Å². The summed E-state index contributed by atoms with van der Waals surface area (Å²) in [7, 11) is 0. The number of hydrogen-bond acceptors (Lipinski definition) is 3. The van der Waals surface area contributed by atoms with Crippen molar-refractivity contribution in [2.75, 3.05) is 19.7 Å². The van der Waals surface area contributed by atoms with Crippen molar-refractivity contribution in [3.63, 3.8) is 0 Å². The number of nitrogens with zero attached hydrogens (tertiary/aromatic N) is 1. The van der Waals surface area contributed by atoms with Gasteiger partial charge in [-0.1, -0.05) is 6.92 Å². The van der Waals surface area contributed by atoms with Crippen LogP contribution in [-0.2, 0) is 0 Å². The number of hydrogen-bond donors (Lipinski definition) is 2. The topological polar surface area (TPSA) is 49.5 Å². The van der Waals surface area contributed by atoms with Crippen molar-refractivity contribution in [1.29, 1.82) is 0 Å². The van der Waals surface area contributed by atoms with Gasteiger partial charge in [0.15, 0.2) is 0 Å². The lowest BCUT2D eigenvalue weighted by Crippen LogP contribution is -2.47. The molecule has 0 aliphatic carbocycles. The Morgan fingerprint density at radius 3 is 2.85 bits per heavy atom. The molecule has 0 radical (unpaired) electrons. The average molecular weight is 186 g/mol. The van der Waals surface area contributed by atoms with E-state index in [4.69, 9.17) is 10.8 Å². The Hall–Kier alpha value is -0.120. The fraction of sp³-hybridized carbons (Fsp3) is 1.00. The zero-order valence-electron chi connectivity index (χ0n) is 8.74. The van der Waals surface area contributed by atoms with Gasteiger partial charge in [0.25, 0.3) is 0 Å². The summed E-state index contributed by atoms with van der Waals surface area (Å²) in [6.07, 6.45) is 2.20. The van der Waals surface area contributed by atoms with Gasteiger partial charge in [0, 0.05) is 25.2 Å². The van der Waals surface area contributed by atoms with Crippen LogP contribution in [0.15, 0.2) is 0 Å². The van der Waals surface area contributed by atoms with Crippen LogP contribution in [0.1, 0.15) is 26.7 Å². The zero-order valence-corrected chi connectivity index (χ0v) is 8.74. The van der Waals surface area contributed by atoms with Gasteiger partial charge in [-0.05, 0) is 32.2 Å². The van der Waals surface area contributed by atoms with Gasteiger partial charge in [0.2, 0.25) is 0 Å². The fourth-order valence-electron chi connectivity index (χ4n) is 1.99. The lowest BCUT2D eigenvalue weighted by Gasteiger charge is -2.37. The molecular weight excluding hydrogens is 164 g/mol. The van der Waals surface area contributed by atoms with E-state index in [1.807, 2.05) is 0 Å². The predicted molar refractivity (Wildman–Crippen MR) is 54.5 cm³/mol. The van der Waals surface area contributed by atoms with Crippen molar-refractivity contribution in [1.82, 2.24) is 4.90 Å². The molecule has 1 aliphatic heterocycles. The fourth-order valence-corrected chi connectivity index (χ4v) is 1.99. The molecule has 1 saturated heterocycles. The van der Waals surface area contributed by atoms with E-state index in [1.165, 1.54) is 0 Å². The first kappa shape index (κ1) is 11.0. The molecule has 0 aromatic rings. The van der Waals surface area contributed by atoms with Gasteiger partial charge in [0.05, 0.1) is 0 Å². The molecule has 0 spiro atoms. The highest BCUT2D eigenvalue weighted by atomic mass is 16.3. The van der Waals surface area contributed by atoms with E-state index in [1.54, 1.807) is 0 Å². The summed E-state index contributed by atoms with van der Waals surface area (Å²) in [6.45, 7) is 6.69. The van der Waals surface area contributed by atoms with Gasteiger partial charge in [-0.2, -0.15) is 0 Å². The predicted octanol–water partition coefficient (Wildman–Crippen LogP) is 0.426. The first-order valence-electron chi connectivity index (χ1n) is 5.24. The van der Waals surface area contributed by atoms with E-state index < -0.39 is 0 Å². The third-order valence-corrected chi connectivity index (χ3v) is 2.91. The minimum Gasteiger partial charge on any atom is -0.396 e. The Kier molecular flexibility index (Phi) is 4.16. The summed E-state index contributed by atoms with van der Waals surface area (Å²) in [5.41, 5.74) is 5.87. The largest absolute Gasteiger partial charge is 0.396 e. The van der Waals surface area contributed by atoms with Gasteiger partial charge < -0.3 is 15.7 Å². The Balaban J connectivity index is 2.33. The van der Waals surface area contributed by atoms with Gasteiger partial charge in [-0.25, -0.2) is 0 Å². The van der Waals surface area contributed by atoms with Gasteiger partial charge >= 0.3 is 0 Å². The van der Waals surface area contributed by atoms with E-state index in [9.17, 15) is 0 Å². The van der Waals surface area contributed by atoms with Crippen LogP contribution < -0.4 is 5.73 Å². The van der Waals surface area contributed by atoms with Crippen molar-refractivity contribution >= 4 is 0 Å². The molecule has 3 unspecified atom stereocenters. The smallest absolute Gasteiger partial charge is 0.0468 e. The molecular formula is C10H22N2O. The standard InChI is InChI=1S/C10H22N2O/c1-8(7-13)6-12-4-3-10(11)5-9(12)2/h8-10,13H,3-7,11H2,1-2H3. The summed E-state index contributed by atoms with van der Waals surface area (Å²) < 4.78 is 0. The Morgan fingerprint density at radius 1 is 1.62 bits per heavy atom. The van der Waals surface area contributed by atoms with E-state index in [-0.39, 0.29) is 6.61 Å². The van der Waals surface area contributed by atoms with Crippen LogP contribution in [0.4, 0.5) is 0 Å². The summed E-state index contributed by atoms with van der Waals surface area (Å²) >= 11 is 0. The minimum absolute atomic E-state index is 0.287. The monoisotopic (exact) mass is 186 g/mol. The van der Waals surface area contributed by atoms with Crippen LogP contribution in [0.5, 0.6) is 0 Å². The van der Waals surface area contributed by atoms with Crippen LogP contribution in [0.2, 0.25) is 0 Å². The number of nitrogens with two attached hydrogens (primary N) is 1. The molecule has 3 nitrogen and oxygen atoms in total. The molecule has 1 rings (SSSR count). The van der Waals surface area contributed by atoms with E-state index >= 15 is 0 Å². The van der Waals surface area contributed by atoms with Crippen LogP contribution in [0.3, 0.4) is 0 Å². The van der Waals surface area contributed by atoms with E-state index in [2.05, 4.69) is 18.7 Å². The van der Waals surface area contributed by atoms with E-state index in [0.717, 1.165) is 25.9 Å². The summed E-state index contributed by atoms with van der Waals surface area (Å²) in [6, 6.07) is 0.966. The molecule has 3 atom stereocenters. The molecule has 1 fully saturated rings. The molecule has 3 heteroatoms. The molecule has 1 aliphatic rings. The second-order valence-corrected chi connectivity index (χ2v) is 4.42. The second kappa shape index (κ2) is 4.94. The number of aliphatic hydroxyl groups is 1. The van der Waals surface area contributed by atoms with Crippen molar-refractivity contribution in [2.45, 2.75) is 38.8 Å². The lowest BCUT2D eigenvalue weighted by molar-refractivity contribution is 0.107. The van der Waals surface area contributed by atoms with Crippen molar-refractivity contribution in [3.05, 3.63) is 0 Å². The van der Waals surface area contributed by atoms with Crippen LogP contribution in [-0.4, -0.2) is 41.8 Å². The molecule has 78 valence electrons. The molecule has 0 saturated carbocycles. The van der Waals surface area contributed by atoms with Crippen LogP contribution in [0, 0.1) is 5.92 Å². The molecule has 13 heavy (non-hydrogen) atoms. The minimum atomic E-state index is 0.287. The number of rotatable bonds is 3. The highest BCUT2D eigenvalue weighted by Crippen LogP contribution is 2.16. The molecule has 0 bridgehead atoms. The first-order chi connectivity index (χ1) is 6.13. The highest BCUT2D eigenvalue weighted by molar-refractivity contribution is 4.81. The number of aliphatic hydroxyl groups excluding tert-OH is 1. The maximum absolute atomic E-state index is 8.95. The molecule has 1 heterocycles. The second-order valence-electron chi connectivity index (χ2n) is 4.42. The van der Waals surface area contributed by atoms with Gasteiger partial charge in [0.1, 0.15) is 0 Å². The quantitative estimate of drug-likeness (QED) is 0.672. The normalized spacial score (nSPS) is 33.2. The van der Waals surface area contributed by atoms with E-state index in [0.29, 0.717) is 18.0 Å². The number of likely N-dealkylation sites (tertiary alicyclic amines) is 1. The SMILES string of the molecule is CC(CO)CN1CCC(N)CC1C. The Labute approximate surface area is 80.9 Å². The average Bonchev–Trinajstić information content (AvgIpc) is 2.09. The maximum atomic E-state index is 8.95. The van der Waals surface area contributed by atoms with Gasteiger partial charge in [-0.3, -0.25) is 0 Å². The van der Waals surface area contributed by atoms with Gasteiger partial charge in [-0.15, -0.1) is 0 Å². The third-order valence-electron chi connectivity index (χ3n) is 2.91. The Morgan fingerprint density at radius 2 is 2.31 bits per heavy atom. The number of piperidine rings is 1. The summed E-state index contributed by atoms with van der Waals surface area (Å²) in [5.74, 6) is 0.386. The third kappa shape index (κ3) is 3.25. The van der Waals surface area contributed by atoms with Crippen LogP contribution in [0.25, 0.3) is 0 Å². The zero-order chi connectivity index (χ0) is 9.84. The highest BCUT2D eigenvalue weighted by Gasteiger charge is 2.23. The van der Waals surface area contributed by atoms with Crippen LogP contribution >= 0.6 is 0 Å². The molecule has 3 N–H and O–H groups in total. The molecule has 0 aromatic heterocycles. The first-order valence-corrected chi connectivity index (χ1v) is 5.24. The Bertz CT molecular complexity index is 152. The maximum Gasteiger partial charge on any atom is 0.0468 e. The molecule has 0 amide bonds. The molecule has 0 aromatic carbocycles. The van der Waals surface area contributed by atoms with Crippen molar-refractivity contribution in [3.8, 4) is 0 Å². The summed E-state index contributed by atoms with van der Waals surface area (Å²) in [5, 5.41) is 8.95.